The summed E-state index contributed by atoms with van der Waals surface area (Å²) in [6.45, 7) is 3.67. The molecular formula is C27H29N3O. The number of carbonyl (C=O) groups is 1. The summed E-state index contributed by atoms with van der Waals surface area (Å²) in [5, 5.41) is 9.06. The van der Waals surface area contributed by atoms with E-state index >= 15 is 0 Å². The van der Waals surface area contributed by atoms with E-state index in [1.807, 2.05) is 18.2 Å². The highest BCUT2D eigenvalue weighted by molar-refractivity contribution is 6.05. The molecule has 31 heavy (non-hydrogen) atoms. The molecule has 2 heterocycles. The highest BCUT2D eigenvalue weighted by Crippen LogP contribution is 2.33. The monoisotopic (exact) mass is 411 g/mol. The Morgan fingerprint density at radius 2 is 1.74 bits per heavy atom. The molecule has 0 N–H and O–H groups in total. The van der Waals surface area contributed by atoms with Crippen molar-refractivity contribution in [1.82, 2.24) is 9.91 Å². The second-order valence-corrected chi connectivity index (χ2v) is 8.79. The molecule has 0 aliphatic carbocycles. The lowest BCUT2D eigenvalue weighted by molar-refractivity contribution is -0.135. The number of benzene rings is 3. The number of hydrazone groups is 1. The van der Waals surface area contributed by atoms with Crippen LogP contribution in [-0.4, -0.2) is 40.7 Å². The zero-order valence-corrected chi connectivity index (χ0v) is 18.1. The van der Waals surface area contributed by atoms with E-state index in [1.54, 1.807) is 5.01 Å². The van der Waals surface area contributed by atoms with Gasteiger partial charge in [-0.1, -0.05) is 73.2 Å². The first kappa shape index (κ1) is 20.0. The SMILES string of the molecule is CC1CCCCN1CC(=O)N1N=C(c2ccc3ccccc3c2)CC1c1ccccc1. The number of hydrogen-bond acceptors (Lipinski definition) is 3. The van der Waals surface area contributed by atoms with Gasteiger partial charge >= 0.3 is 0 Å². The average Bonchev–Trinajstić information content (AvgIpc) is 3.27. The molecule has 0 bridgehead atoms. The summed E-state index contributed by atoms with van der Waals surface area (Å²) in [4.78, 5) is 15.7. The van der Waals surface area contributed by atoms with Gasteiger partial charge in [-0.2, -0.15) is 5.10 Å². The summed E-state index contributed by atoms with van der Waals surface area (Å²) in [6.07, 6.45) is 4.34. The lowest BCUT2D eigenvalue weighted by Gasteiger charge is -2.34. The number of hydrogen-bond donors (Lipinski definition) is 0. The van der Waals surface area contributed by atoms with E-state index in [-0.39, 0.29) is 11.9 Å². The third-order valence-electron chi connectivity index (χ3n) is 6.71. The van der Waals surface area contributed by atoms with Gasteiger partial charge in [-0.15, -0.1) is 0 Å². The minimum Gasteiger partial charge on any atom is -0.292 e. The highest BCUT2D eigenvalue weighted by Gasteiger charge is 2.34. The van der Waals surface area contributed by atoms with Gasteiger partial charge in [0.1, 0.15) is 0 Å². The molecule has 1 amide bonds. The van der Waals surface area contributed by atoms with Gasteiger partial charge in [0.2, 0.25) is 0 Å². The van der Waals surface area contributed by atoms with Crippen LogP contribution in [0.25, 0.3) is 10.8 Å². The van der Waals surface area contributed by atoms with Gasteiger partial charge in [0, 0.05) is 12.5 Å². The van der Waals surface area contributed by atoms with Crippen molar-refractivity contribution in [1.29, 1.82) is 0 Å². The molecule has 3 aromatic rings. The van der Waals surface area contributed by atoms with Crippen LogP contribution in [0.2, 0.25) is 0 Å². The normalized spacial score (nSPS) is 22.0. The molecule has 4 nitrogen and oxygen atoms in total. The van der Waals surface area contributed by atoms with Crippen LogP contribution >= 0.6 is 0 Å². The van der Waals surface area contributed by atoms with Crippen molar-refractivity contribution >= 4 is 22.4 Å². The third kappa shape index (κ3) is 4.13. The molecule has 2 atom stereocenters. The molecule has 0 radical (unpaired) electrons. The van der Waals surface area contributed by atoms with E-state index in [2.05, 4.69) is 66.4 Å². The van der Waals surface area contributed by atoms with Gasteiger partial charge in [0.25, 0.3) is 5.91 Å². The smallest absolute Gasteiger partial charge is 0.257 e. The van der Waals surface area contributed by atoms with E-state index in [0.29, 0.717) is 12.6 Å². The fraction of sp³-hybridized carbons (Fsp3) is 0.333. The predicted octanol–water partition coefficient (Wildman–Crippen LogP) is 5.39. The molecule has 158 valence electrons. The number of nitrogens with zero attached hydrogens (tertiary/aromatic N) is 3. The molecule has 0 saturated carbocycles. The lowest BCUT2D eigenvalue weighted by Crippen LogP contribution is -2.44. The number of rotatable bonds is 4. The Morgan fingerprint density at radius 1 is 0.968 bits per heavy atom. The van der Waals surface area contributed by atoms with Crippen molar-refractivity contribution in [3.8, 4) is 0 Å². The van der Waals surface area contributed by atoms with E-state index in [4.69, 9.17) is 5.10 Å². The minimum absolute atomic E-state index is 0.0460. The van der Waals surface area contributed by atoms with Crippen molar-refractivity contribution < 1.29 is 4.79 Å². The summed E-state index contributed by atoms with van der Waals surface area (Å²) < 4.78 is 0. The first-order valence-electron chi connectivity index (χ1n) is 11.4. The lowest BCUT2D eigenvalue weighted by atomic mass is 9.97. The molecule has 2 aliphatic rings. The summed E-state index contributed by atoms with van der Waals surface area (Å²) >= 11 is 0. The van der Waals surface area contributed by atoms with E-state index in [0.717, 1.165) is 29.8 Å². The maximum atomic E-state index is 13.4. The highest BCUT2D eigenvalue weighted by atomic mass is 16.2. The Morgan fingerprint density at radius 3 is 2.55 bits per heavy atom. The number of likely N-dealkylation sites (tertiary alicyclic amines) is 1. The third-order valence-corrected chi connectivity index (χ3v) is 6.71. The summed E-state index contributed by atoms with van der Waals surface area (Å²) in [5.74, 6) is 0.0957. The Balaban J connectivity index is 1.45. The fourth-order valence-corrected chi connectivity index (χ4v) is 4.86. The summed E-state index contributed by atoms with van der Waals surface area (Å²) in [6, 6.07) is 25.6. The maximum absolute atomic E-state index is 13.4. The Bertz CT molecular complexity index is 1110. The molecule has 2 aliphatic heterocycles. The van der Waals surface area contributed by atoms with Crippen LogP contribution in [0, 0.1) is 0 Å². The second kappa shape index (κ2) is 8.64. The van der Waals surface area contributed by atoms with Crippen LogP contribution < -0.4 is 0 Å². The van der Waals surface area contributed by atoms with Crippen molar-refractivity contribution in [3.05, 3.63) is 83.9 Å². The molecule has 2 unspecified atom stereocenters. The molecular weight excluding hydrogens is 382 g/mol. The first-order valence-corrected chi connectivity index (χ1v) is 11.4. The largest absolute Gasteiger partial charge is 0.292 e. The fourth-order valence-electron chi connectivity index (χ4n) is 4.86. The van der Waals surface area contributed by atoms with Crippen LogP contribution in [0.3, 0.4) is 0 Å². The number of carbonyl (C=O) groups excluding carboxylic acids is 1. The van der Waals surface area contributed by atoms with Gasteiger partial charge in [0.15, 0.2) is 0 Å². The first-order chi connectivity index (χ1) is 15.2. The topological polar surface area (TPSA) is 35.9 Å². The second-order valence-electron chi connectivity index (χ2n) is 8.79. The van der Waals surface area contributed by atoms with Crippen molar-refractivity contribution in [2.45, 2.75) is 44.7 Å². The van der Waals surface area contributed by atoms with E-state index in [1.165, 1.54) is 30.0 Å². The molecule has 4 heteroatoms. The Kier molecular flexibility index (Phi) is 5.56. The summed E-state index contributed by atoms with van der Waals surface area (Å²) in [5.41, 5.74) is 3.23. The Labute approximate surface area is 184 Å². The van der Waals surface area contributed by atoms with Gasteiger partial charge in [-0.3, -0.25) is 9.69 Å². The predicted molar refractivity (Wildman–Crippen MR) is 126 cm³/mol. The van der Waals surface area contributed by atoms with Crippen molar-refractivity contribution in [2.75, 3.05) is 13.1 Å². The maximum Gasteiger partial charge on any atom is 0.257 e. The van der Waals surface area contributed by atoms with Crippen LogP contribution in [-0.2, 0) is 4.79 Å². The van der Waals surface area contributed by atoms with E-state index in [9.17, 15) is 4.79 Å². The number of fused-ring (bicyclic) bond motifs is 1. The van der Waals surface area contributed by atoms with Gasteiger partial charge in [-0.05, 0) is 54.3 Å². The van der Waals surface area contributed by atoms with Crippen LogP contribution in [0.15, 0.2) is 77.9 Å². The molecule has 5 rings (SSSR count). The van der Waals surface area contributed by atoms with Crippen molar-refractivity contribution in [2.24, 2.45) is 5.10 Å². The van der Waals surface area contributed by atoms with Crippen LogP contribution in [0.4, 0.5) is 0 Å². The standard InChI is InChI=1S/C27H29N3O/c1-20-9-7-8-16-29(20)19-27(31)30-26(22-11-3-2-4-12-22)18-25(28-30)24-15-14-21-10-5-6-13-23(21)17-24/h2-6,10-15,17,20,26H,7-9,16,18-19H2,1H3. The molecule has 1 saturated heterocycles. The zero-order valence-electron chi connectivity index (χ0n) is 18.1. The van der Waals surface area contributed by atoms with Crippen molar-refractivity contribution in [3.63, 3.8) is 0 Å². The zero-order chi connectivity index (χ0) is 21.2. The van der Waals surface area contributed by atoms with E-state index < -0.39 is 0 Å². The minimum atomic E-state index is -0.0460. The number of amides is 1. The summed E-state index contributed by atoms with van der Waals surface area (Å²) in [7, 11) is 0. The van der Waals surface area contributed by atoms with Crippen LogP contribution in [0.5, 0.6) is 0 Å². The molecule has 3 aromatic carbocycles. The van der Waals surface area contributed by atoms with Gasteiger partial charge in [-0.25, -0.2) is 5.01 Å². The molecule has 1 fully saturated rings. The molecule has 0 spiro atoms. The van der Waals surface area contributed by atoms with Gasteiger partial charge in [0.05, 0.1) is 18.3 Å². The average molecular weight is 412 g/mol. The quantitative estimate of drug-likeness (QED) is 0.577. The van der Waals surface area contributed by atoms with Crippen LogP contribution in [0.1, 0.15) is 49.8 Å². The Hall–Kier alpha value is -2.98. The van der Waals surface area contributed by atoms with Gasteiger partial charge < -0.3 is 0 Å². The number of piperidine rings is 1. The molecule has 0 aromatic heterocycles.